The van der Waals surface area contributed by atoms with Gasteiger partial charge in [-0.1, -0.05) is 13.8 Å². The third-order valence-corrected chi connectivity index (χ3v) is 3.70. The first-order valence-corrected chi connectivity index (χ1v) is 7.12. The highest BCUT2D eigenvalue weighted by Crippen LogP contribution is 2.24. The summed E-state index contributed by atoms with van der Waals surface area (Å²) in [4.78, 5) is 22.7. The molecule has 1 aliphatic rings. The third kappa shape index (κ3) is 3.18. The van der Waals surface area contributed by atoms with Crippen LogP contribution in [0.15, 0.2) is 6.07 Å². The zero-order valence-corrected chi connectivity index (χ0v) is 12.4. The molecule has 6 nitrogen and oxygen atoms in total. The molecule has 0 atom stereocenters. The summed E-state index contributed by atoms with van der Waals surface area (Å²) in [5.74, 6) is 2.65. The summed E-state index contributed by atoms with van der Waals surface area (Å²) in [6, 6.07) is 1.81. The van der Waals surface area contributed by atoms with Crippen molar-refractivity contribution in [1.82, 2.24) is 15.3 Å². The molecule has 0 aromatic carbocycles. The van der Waals surface area contributed by atoms with Crippen LogP contribution < -0.4 is 16.0 Å². The Labute approximate surface area is 119 Å². The van der Waals surface area contributed by atoms with Crippen molar-refractivity contribution in [2.24, 2.45) is 5.92 Å². The predicted octanol–water partition coefficient (Wildman–Crippen LogP) is 1.14. The first-order chi connectivity index (χ1) is 9.51. The fourth-order valence-corrected chi connectivity index (χ4v) is 2.47. The van der Waals surface area contributed by atoms with E-state index in [0.29, 0.717) is 5.82 Å². The topological polar surface area (TPSA) is 84.1 Å². The van der Waals surface area contributed by atoms with Gasteiger partial charge in [0.15, 0.2) is 0 Å². The van der Waals surface area contributed by atoms with Crippen molar-refractivity contribution in [3.63, 3.8) is 0 Å². The largest absolute Gasteiger partial charge is 0.384 e. The van der Waals surface area contributed by atoms with Crippen molar-refractivity contribution >= 4 is 17.5 Å². The molecule has 0 saturated carbocycles. The van der Waals surface area contributed by atoms with Gasteiger partial charge in [-0.05, 0) is 12.8 Å². The number of nitrogen functional groups attached to an aromatic ring is 1. The number of nitrogens with two attached hydrogens (primary N) is 1. The van der Waals surface area contributed by atoms with Gasteiger partial charge in [-0.3, -0.25) is 4.79 Å². The second-order valence-electron chi connectivity index (χ2n) is 5.54. The van der Waals surface area contributed by atoms with Gasteiger partial charge in [-0.2, -0.15) is 0 Å². The Hall–Kier alpha value is -1.85. The van der Waals surface area contributed by atoms with Crippen molar-refractivity contribution in [2.45, 2.75) is 32.6 Å². The molecule has 1 amide bonds. The number of nitrogens with one attached hydrogen (secondary N) is 1. The highest BCUT2D eigenvalue weighted by atomic mass is 16.1. The molecule has 2 heterocycles. The molecule has 1 fully saturated rings. The first kappa shape index (κ1) is 14.6. The van der Waals surface area contributed by atoms with Gasteiger partial charge in [0.05, 0.1) is 0 Å². The van der Waals surface area contributed by atoms with E-state index in [2.05, 4.69) is 34.0 Å². The van der Waals surface area contributed by atoms with Gasteiger partial charge in [-0.15, -0.1) is 0 Å². The Bertz CT molecular complexity index is 480. The van der Waals surface area contributed by atoms with E-state index in [1.807, 2.05) is 6.07 Å². The summed E-state index contributed by atoms with van der Waals surface area (Å²) in [5.41, 5.74) is 5.86. The fourth-order valence-electron chi connectivity index (χ4n) is 2.47. The second-order valence-corrected chi connectivity index (χ2v) is 5.54. The molecular weight excluding hydrogens is 254 g/mol. The molecule has 1 saturated heterocycles. The van der Waals surface area contributed by atoms with Gasteiger partial charge < -0.3 is 16.0 Å². The SMILES string of the molecule is CNC(=O)C1CCN(c2cc(N)nc(C(C)C)n2)CC1. The highest BCUT2D eigenvalue weighted by molar-refractivity contribution is 5.78. The van der Waals surface area contributed by atoms with Crippen LogP contribution in [-0.2, 0) is 4.79 Å². The van der Waals surface area contributed by atoms with Crippen molar-refractivity contribution in [3.8, 4) is 0 Å². The number of anilines is 2. The van der Waals surface area contributed by atoms with Crippen LogP contribution in [0.3, 0.4) is 0 Å². The van der Waals surface area contributed by atoms with Crippen LogP contribution >= 0.6 is 0 Å². The smallest absolute Gasteiger partial charge is 0.222 e. The maximum atomic E-state index is 11.6. The number of carbonyl (C=O) groups is 1. The lowest BCUT2D eigenvalue weighted by atomic mass is 9.96. The van der Waals surface area contributed by atoms with Crippen LogP contribution in [0.4, 0.5) is 11.6 Å². The molecule has 6 heteroatoms. The standard InChI is InChI=1S/C14H23N5O/c1-9(2)13-17-11(15)8-12(18-13)19-6-4-10(5-7-19)14(20)16-3/h8-10H,4-7H2,1-3H3,(H,16,20)(H2,15,17,18). The zero-order valence-electron chi connectivity index (χ0n) is 12.4. The second kappa shape index (κ2) is 6.07. The van der Waals surface area contributed by atoms with Crippen molar-refractivity contribution in [3.05, 3.63) is 11.9 Å². The molecule has 0 radical (unpaired) electrons. The van der Waals surface area contributed by atoms with Gasteiger partial charge in [0, 0.05) is 38.0 Å². The lowest BCUT2D eigenvalue weighted by molar-refractivity contribution is -0.125. The molecule has 110 valence electrons. The Morgan fingerprint density at radius 3 is 2.60 bits per heavy atom. The number of nitrogens with zero attached hydrogens (tertiary/aromatic N) is 3. The number of rotatable bonds is 3. The minimum Gasteiger partial charge on any atom is -0.384 e. The van der Waals surface area contributed by atoms with Crippen LogP contribution in [0.1, 0.15) is 38.4 Å². The molecule has 0 aliphatic carbocycles. The Balaban J connectivity index is 2.09. The third-order valence-electron chi connectivity index (χ3n) is 3.70. The summed E-state index contributed by atoms with van der Waals surface area (Å²) in [6.45, 7) is 5.75. The van der Waals surface area contributed by atoms with E-state index in [9.17, 15) is 4.79 Å². The fraction of sp³-hybridized carbons (Fsp3) is 0.643. The monoisotopic (exact) mass is 277 g/mol. The minimum absolute atomic E-state index is 0.111. The van der Waals surface area contributed by atoms with Crippen LogP contribution in [0, 0.1) is 5.92 Å². The van der Waals surface area contributed by atoms with Crippen LogP contribution in [-0.4, -0.2) is 36.0 Å². The number of hydrogen-bond donors (Lipinski definition) is 2. The summed E-state index contributed by atoms with van der Waals surface area (Å²) in [5, 5.41) is 2.72. The van der Waals surface area contributed by atoms with E-state index in [0.717, 1.165) is 37.6 Å². The number of piperidine rings is 1. The highest BCUT2D eigenvalue weighted by Gasteiger charge is 2.25. The van der Waals surface area contributed by atoms with E-state index in [-0.39, 0.29) is 17.7 Å². The maximum Gasteiger partial charge on any atom is 0.222 e. The number of carbonyl (C=O) groups excluding carboxylic acids is 1. The molecule has 1 aromatic heterocycles. The van der Waals surface area contributed by atoms with Crippen molar-refractivity contribution in [1.29, 1.82) is 0 Å². The van der Waals surface area contributed by atoms with Crippen LogP contribution in [0.5, 0.6) is 0 Å². The molecule has 3 N–H and O–H groups in total. The lowest BCUT2D eigenvalue weighted by Gasteiger charge is -2.32. The zero-order chi connectivity index (χ0) is 14.7. The average molecular weight is 277 g/mol. The molecule has 1 aromatic rings. The molecule has 2 rings (SSSR count). The summed E-state index contributed by atoms with van der Waals surface area (Å²) >= 11 is 0. The van der Waals surface area contributed by atoms with Crippen molar-refractivity contribution < 1.29 is 4.79 Å². The van der Waals surface area contributed by atoms with Gasteiger partial charge in [0.25, 0.3) is 0 Å². The Morgan fingerprint density at radius 1 is 1.40 bits per heavy atom. The van der Waals surface area contributed by atoms with E-state index in [1.54, 1.807) is 7.05 Å². The normalized spacial score (nSPS) is 16.5. The molecule has 1 aliphatic heterocycles. The quantitative estimate of drug-likeness (QED) is 0.865. The average Bonchev–Trinajstić information content (AvgIpc) is 2.46. The van der Waals surface area contributed by atoms with Gasteiger partial charge in [-0.25, -0.2) is 9.97 Å². The summed E-state index contributed by atoms with van der Waals surface area (Å²) in [7, 11) is 1.69. The van der Waals surface area contributed by atoms with Gasteiger partial charge >= 0.3 is 0 Å². The molecule has 0 bridgehead atoms. The van der Waals surface area contributed by atoms with E-state index < -0.39 is 0 Å². The molecular formula is C14H23N5O. The van der Waals surface area contributed by atoms with Crippen LogP contribution in [0.25, 0.3) is 0 Å². The molecule has 20 heavy (non-hydrogen) atoms. The van der Waals surface area contributed by atoms with E-state index in [4.69, 9.17) is 5.73 Å². The summed E-state index contributed by atoms with van der Waals surface area (Å²) in [6.07, 6.45) is 1.70. The number of hydrogen-bond acceptors (Lipinski definition) is 5. The Morgan fingerprint density at radius 2 is 2.05 bits per heavy atom. The number of aromatic nitrogens is 2. The maximum absolute atomic E-state index is 11.6. The van der Waals surface area contributed by atoms with Gasteiger partial charge in [0.2, 0.25) is 5.91 Å². The van der Waals surface area contributed by atoms with E-state index >= 15 is 0 Å². The van der Waals surface area contributed by atoms with E-state index in [1.165, 1.54) is 0 Å². The Kier molecular flexibility index (Phi) is 4.42. The van der Waals surface area contributed by atoms with Crippen LogP contribution in [0.2, 0.25) is 0 Å². The number of amides is 1. The molecule has 0 spiro atoms. The molecule has 0 unspecified atom stereocenters. The van der Waals surface area contributed by atoms with Gasteiger partial charge in [0.1, 0.15) is 17.5 Å². The predicted molar refractivity (Wildman–Crippen MR) is 79.5 cm³/mol. The van der Waals surface area contributed by atoms with Crippen molar-refractivity contribution in [2.75, 3.05) is 30.8 Å². The first-order valence-electron chi connectivity index (χ1n) is 7.12. The lowest BCUT2D eigenvalue weighted by Crippen LogP contribution is -2.40. The summed E-state index contributed by atoms with van der Waals surface area (Å²) < 4.78 is 0. The minimum atomic E-state index is 0.111.